The van der Waals surface area contributed by atoms with Crippen LogP contribution in [0.5, 0.6) is 0 Å². The van der Waals surface area contributed by atoms with Crippen LogP contribution in [0.1, 0.15) is 45.2 Å². The van der Waals surface area contributed by atoms with E-state index < -0.39 is 0 Å². The van der Waals surface area contributed by atoms with Gasteiger partial charge in [-0.1, -0.05) is 51.1 Å². The number of carbonyl (C=O) groups excluding carboxylic acids is 1. The number of nitrogens with one attached hydrogen (secondary N) is 2. The van der Waals surface area contributed by atoms with Gasteiger partial charge in [0.2, 0.25) is 5.91 Å². The van der Waals surface area contributed by atoms with Gasteiger partial charge in [-0.05, 0) is 30.9 Å². The Morgan fingerprint density at radius 1 is 1.35 bits per heavy atom. The lowest BCUT2D eigenvalue weighted by atomic mass is 9.82. The summed E-state index contributed by atoms with van der Waals surface area (Å²) >= 11 is 0. The average Bonchev–Trinajstić information content (AvgIpc) is 2.95. The summed E-state index contributed by atoms with van der Waals surface area (Å²) in [4.78, 5) is 12.7. The number of hydrogen-bond donors (Lipinski definition) is 2. The van der Waals surface area contributed by atoms with Gasteiger partial charge in [0.25, 0.3) is 0 Å². The van der Waals surface area contributed by atoms with Gasteiger partial charge in [-0.15, -0.1) is 0 Å². The van der Waals surface area contributed by atoms with E-state index in [0.717, 1.165) is 25.9 Å². The van der Waals surface area contributed by atoms with Crippen LogP contribution < -0.4 is 10.6 Å². The maximum atomic E-state index is 12.7. The minimum Gasteiger partial charge on any atom is -0.349 e. The fraction of sp³-hybridized carbons (Fsp3) is 0.588. The standard InChI is InChI=1S/C17H26N2O/c1-4-17(10-11-18-12-17)16(20)19-15(13(2)3)14-8-6-5-7-9-14/h5-9,13,15,18H,4,10-12H2,1-3H3,(H,19,20). The molecular formula is C17H26N2O. The van der Waals surface area contributed by atoms with Crippen molar-refractivity contribution in [3.63, 3.8) is 0 Å². The van der Waals surface area contributed by atoms with Gasteiger partial charge in [0.05, 0.1) is 11.5 Å². The van der Waals surface area contributed by atoms with Crippen molar-refractivity contribution in [1.82, 2.24) is 10.6 Å². The highest BCUT2D eigenvalue weighted by atomic mass is 16.2. The predicted octanol–water partition coefficient (Wildman–Crippen LogP) is 2.89. The van der Waals surface area contributed by atoms with Crippen LogP contribution in [0.25, 0.3) is 0 Å². The third-order valence-corrected chi connectivity index (χ3v) is 4.51. The number of benzene rings is 1. The van der Waals surface area contributed by atoms with Crippen LogP contribution in [-0.4, -0.2) is 19.0 Å². The molecule has 0 aromatic heterocycles. The molecule has 3 nitrogen and oxygen atoms in total. The second kappa shape index (κ2) is 6.40. The molecule has 3 heteroatoms. The summed E-state index contributed by atoms with van der Waals surface area (Å²) in [6.07, 6.45) is 1.83. The van der Waals surface area contributed by atoms with Crippen molar-refractivity contribution in [2.45, 2.75) is 39.7 Å². The van der Waals surface area contributed by atoms with Crippen LogP contribution in [0.3, 0.4) is 0 Å². The highest BCUT2D eigenvalue weighted by Gasteiger charge is 2.40. The minimum atomic E-state index is -0.220. The first-order chi connectivity index (χ1) is 9.59. The highest BCUT2D eigenvalue weighted by Crippen LogP contribution is 2.31. The average molecular weight is 274 g/mol. The minimum absolute atomic E-state index is 0.0905. The molecule has 2 rings (SSSR count). The van der Waals surface area contributed by atoms with Crippen LogP contribution in [-0.2, 0) is 4.79 Å². The molecule has 20 heavy (non-hydrogen) atoms. The summed E-state index contributed by atoms with van der Waals surface area (Å²) in [7, 11) is 0. The topological polar surface area (TPSA) is 41.1 Å². The largest absolute Gasteiger partial charge is 0.349 e. The lowest BCUT2D eigenvalue weighted by Crippen LogP contribution is -2.44. The van der Waals surface area contributed by atoms with Crippen LogP contribution in [0.4, 0.5) is 0 Å². The Hall–Kier alpha value is -1.35. The molecule has 0 saturated carbocycles. The van der Waals surface area contributed by atoms with E-state index in [4.69, 9.17) is 0 Å². The SMILES string of the molecule is CCC1(C(=O)NC(c2ccccc2)C(C)C)CCNC1. The van der Waals surface area contributed by atoms with Crippen molar-refractivity contribution >= 4 is 5.91 Å². The Balaban J connectivity index is 2.14. The fourth-order valence-corrected chi connectivity index (χ4v) is 2.99. The highest BCUT2D eigenvalue weighted by molar-refractivity contribution is 5.83. The molecule has 2 N–H and O–H groups in total. The van der Waals surface area contributed by atoms with Crippen LogP contribution in [0.15, 0.2) is 30.3 Å². The number of hydrogen-bond acceptors (Lipinski definition) is 2. The molecule has 1 aliphatic rings. The summed E-state index contributed by atoms with van der Waals surface area (Å²) in [5, 5.41) is 6.61. The van der Waals surface area contributed by atoms with E-state index in [9.17, 15) is 4.79 Å². The van der Waals surface area contributed by atoms with Crippen LogP contribution >= 0.6 is 0 Å². The van der Waals surface area contributed by atoms with E-state index in [1.54, 1.807) is 0 Å². The number of amides is 1. The quantitative estimate of drug-likeness (QED) is 0.867. The molecule has 110 valence electrons. The van der Waals surface area contributed by atoms with Crippen molar-refractivity contribution in [3.8, 4) is 0 Å². The Kier molecular flexibility index (Phi) is 4.81. The summed E-state index contributed by atoms with van der Waals surface area (Å²) in [5.41, 5.74) is 0.968. The van der Waals surface area contributed by atoms with Crippen LogP contribution in [0.2, 0.25) is 0 Å². The maximum absolute atomic E-state index is 12.7. The normalized spacial score (nSPS) is 23.8. The molecular weight excluding hydrogens is 248 g/mol. The third-order valence-electron chi connectivity index (χ3n) is 4.51. The van der Waals surface area contributed by atoms with Gasteiger partial charge in [0.15, 0.2) is 0 Å². The summed E-state index contributed by atoms with van der Waals surface area (Å²) in [5.74, 6) is 0.581. The number of rotatable bonds is 5. The fourth-order valence-electron chi connectivity index (χ4n) is 2.99. The van der Waals surface area contributed by atoms with Crippen molar-refractivity contribution < 1.29 is 4.79 Å². The predicted molar refractivity (Wildman–Crippen MR) is 82.4 cm³/mol. The Morgan fingerprint density at radius 2 is 2.05 bits per heavy atom. The van der Waals surface area contributed by atoms with Gasteiger partial charge in [-0.3, -0.25) is 4.79 Å². The molecule has 0 aliphatic carbocycles. The summed E-state index contributed by atoms with van der Waals surface area (Å²) in [6, 6.07) is 10.4. The number of carbonyl (C=O) groups is 1. The molecule has 1 aromatic carbocycles. The lowest BCUT2D eigenvalue weighted by Gasteiger charge is -2.30. The maximum Gasteiger partial charge on any atom is 0.228 e. The van der Waals surface area contributed by atoms with E-state index in [-0.39, 0.29) is 17.4 Å². The second-order valence-electron chi connectivity index (χ2n) is 6.17. The van der Waals surface area contributed by atoms with Crippen molar-refractivity contribution in [2.24, 2.45) is 11.3 Å². The zero-order valence-electron chi connectivity index (χ0n) is 12.8. The summed E-state index contributed by atoms with van der Waals surface area (Å²) < 4.78 is 0. The first-order valence-electron chi connectivity index (χ1n) is 7.66. The molecule has 1 aliphatic heterocycles. The van der Waals surface area contributed by atoms with Crippen LogP contribution in [0, 0.1) is 11.3 Å². The monoisotopic (exact) mass is 274 g/mol. The zero-order chi connectivity index (χ0) is 14.6. The van der Waals surface area contributed by atoms with Crippen molar-refractivity contribution in [2.75, 3.05) is 13.1 Å². The molecule has 0 bridgehead atoms. The van der Waals surface area contributed by atoms with Gasteiger partial charge < -0.3 is 10.6 Å². The lowest BCUT2D eigenvalue weighted by molar-refractivity contribution is -0.131. The van der Waals surface area contributed by atoms with Gasteiger partial charge in [0, 0.05) is 6.54 Å². The molecule has 1 amide bonds. The first kappa shape index (κ1) is 15.0. The van der Waals surface area contributed by atoms with Crippen molar-refractivity contribution in [1.29, 1.82) is 0 Å². The zero-order valence-corrected chi connectivity index (χ0v) is 12.8. The van der Waals surface area contributed by atoms with Gasteiger partial charge >= 0.3 is 0 Å². The molecule has 0 radical (unpaired) electrons. The molecule has 2 unspecified atom stereocenters. The van der Waals surface area contributed by atoms with E-state index in [0.29, 0.717) is 5.92 Å². The molecule has 1 aromatic rings. The van der Waals surface area contributed by atoms with E-state index in [1.165, 1.54) is 5.56 Å². The van der Waals surface area contributed by atoms with Gasteiger partial charge in [-0.25, -0.2) is 0 Å². The Morgan fingerprint density at radius 3 is 2.55 bits per heavy atom. The summed E-state index contributed by atoms with van der Waals surface area (Å²) in [6.45, 7) is 8.17. The Labute approximate surface area is 122 Å². The second-order valence-corrected chi connectivity index (χ2v) is 6.17. The third kappa shape index (κ3) is 3.04. The van der Waals surface area contributed by atoms with Gasteiger partial charge in [-0.2, -0.15) is 0 Å². The smallest absolute Gasteiger partial charge is 0.228 e. The molecule has 2 atom stereocenters. The molecule has 1 heterocycles. The van der Waals surface area contributed by atoms with E-state index in [1.807, 2.05) is 18.2 Å². The Bertz CT molecular complexity index is 436. The van der Waals surface area contributed by atoms with Gasteiger partial charge in [0.1, 0.15) is 0 Å². The molecule has 1 saturated heterocycles. The van der Waals surface area contributed by atoms with Crippen molar-refractivity contribution in [3.05, 3.63) is 35.9 Å². The van der Waals surface area contributed by atoms with E-state index in [2.05, 4.69) is 43.5 Å². The first-order valence-corrected chi connectivity index (χ1v) is 7.66. The molecule has 1 fully saturated rings. The molecule has 0 spiro atoms. The van der Waals surface area contributed by atoms with E-state index >= 15 is 0 Å².